The van der Waals surface area contributed by atoms with Gasteiger partial charge >= 0.3 is 18.5 Å². The van der Waals surface area contributed by atoms with Crippen LogP contribution in [0.15, 0.2) is 12.1 Å². The van der Waals surface area contributed by atoms with Crippen molar-refractivity contribution in [2.45, 2.75) is 45.3 Å². The van der Waals surface area contributed by atoms with Gasteiger partial charge in [-0.15, -0.1) is 0 Å². The lowest BCUT2D eigenvalue weighted by Crippen LogP contribution is -2.32. The molecule has 1 unspecified atom stereocenters. The molecule has 1 aromatic rings. The zero-order chi connectivity index (χ0) is 19.3. The number of hydrogen-bond donors (Lipinski definition) is 1. The zero-order valence-corrected chi connectivity index (χ0v) is 12.7. The third-order valence-corrected chi connectivity index (χ3v) is 3.36. The maximum atomic E-state index is 13.1. The molecule has 10 heteroatoms. The molecule has 0 saturated carbocycles. The Labute approximate surface area is 131 Å². The van der Waals surface area contributed by atoms with Gasteiger partial charge in [0.05, 0.1) is 16.7 Å². The molecule has 1 atom stereocenters. The lowest BCUT2D eigenvalue weighted by molar-refractivity contribution is -0.149. The summed E-state index contributed by atoms with van der Waals surface area (Å²) in [6.45, 7) is 3.86. The highest BCUT2D eigenvalue weighted by atomic mass is 19.4. The van der Waals surface area contributed by atoms with E-state index in [0.717, 1.165) is 0 Å². The molecule has 0 bridgehead atoms. The molecular weight excluding hydrogens is 353 g/mol. The van der Waals surface area contributed by atoms with Gasteiger partial charge in [-0.3, -0.25) is 0 Å². The van der Waals surface area contributed by atoms with Gasteiger partial charge in [0.1, 0.15) is 0 Å². The molecule has 0 aliphatic carbocycles. The van der Waals surface area contributed by atoms with Crippen molar-refractivity contribution in [1.29, 1.82) is 0 Å². The van der Waals surface area contributed by atoms with Gasteiger partial charge in [-0.25, -0.2) is 0 Å². The van der Waals surface area contributed by atoms with Crippen molar-refractivity contribution in [3.63, 3.8) is 0 Å². The van der Waals surface area contributed by atoms with Crippen LogP contribution in [0.25, 0.3) is 0 Å². The number of hydrogen-bond acceptors (Lipinski definition) is 1. The van der Waals surface area contributed by atoms with Gasteiger partial charge in [0.25, 0.3) is 0 Å². The summed E-state index contributed by atoms with van der Waals surface area (Å²) in [4.78, 5) is 0. The Morgan fingerprint density at radius 3 is 1.25 bits per heavy atom. The first-order valence-corrected chi connectivity index (χ1v) is 6.52. The van der Waals surface area contributed by atoms with Crippen LogP contribution < -0.4 is 5.73 Å². The van der Waals surface area contributed by atoms with E-state index in [1.165, 1.54) is 20.8 Å². The fourth-order valence-corrected chi connectivity index (χ4v) is 2.05. The molecule has 1 aromatic carbocycles. The predicted octanol–water partition coefficient (Wildman–Crippen LogP) is 5.79. The molecule has 0 saturated heterocycles. The maximum Gasteiger partial charge on any atom is 0.416 e. The number of halogens is 9. The highest BCUT2D eigenvalue weighted by molar-refractivity contribution is 5.46. The van der Waals surface area contributed by atoms with Crippen molar-refractivity contribution < 1.29 is 39.5 Å². The fraction of sp³-hybridized carbons (Fsp3) is 0.571. The van der Waals surface area contributed by atoms with Crippen LogP contribution in [-0.2, 0) is 18.5 Å². The summed E-state index contributed by atoms with van der Waals surface area (Å²) in [5.41, 5.74) is -3.20. The molecule has 138 valence electrons. The summed E-state index contributed by atoms with van der Waals surface area (Å²) >= 11 is 0. The van der Waals surface area contributed by atoms with E-state index in [0.29, 0.717) is 0 Å². The van der Waals surface area contributed by atoms with Gasteiger partial charge in [-0.2, -0.15) is 39.5 Å². The molecule has 1 nitrogen and oxygen atoms in total. The molecule has 24 heavy (non-hydrogen) atoms. The summed E-state index contributed by atoms with van der Waals surface area (Å²) in [6, 6.07) is -2.46. The lowest BCUT2D eigenvalue weighted by atomic mass is 9.78. The van der Waals surface area contributed by atoms with Crippen molar-refractivity contribution in [3.8, 4) is 0 Å². The highest BCUT2D eigenvalue weighted by Crippen LogP contribution is 2.47. The minimum absolute atomic E-state index is 0.337. The van der Waals surface area contributed by atoms with E-state index in [9.17, 15) is 39.5 Å². The largest absolute Gasteiger partial charge is 0.416 e. The van der Waals surface area contributed by atoms with Gasteiger partial charge in [-0.1, -0.05) is 20.8 Å². The number of nitrogens with two attached hydrogens (primary N) is 1. The Kier molecular flexibility index (Phi) is 4.99. The van der Waals surface area contributed by atoms with Gasteiger partial charge in [0.15, 0.2) is 0 Å². The van der Waals surface area contributed by atoms with Crippen LogP contribution in [0.5, 0.6) is 0 Å². The van der Waals surface area contributed by atoms with E-state index in [1.807, 2.05) is 0 Å². The second-order valence-electron chi connectivity index (χ2n) is 6.32. The van der Waals surface area contributed by atoms with E-state index in [-0.39, 0.29) is 12.1 Å². The van der Waals surface area contributed by atoms with Gasteiger partial charge < -0.3 is 5.73 Å². The van der Waals surface area contributed by atoms with E-state index in [2.05, 4.69) is 0 Å². The number of rotatable bonds is 1. The smallest absolute Gasteiger partial charge is 0.323 e. The molecule has 0 fully saturated rings. The van der Waals surface area contributed by atoms with Crippen molar-refractivity contribution >= 4 is 0 Å². The Bertz CT molecular complexity index is 568. The van der Waals surface area contributed by atoms with Crippen LogP contribution in [0.4, 0.5) is 39.5 Å². The van der Waals surface area contributed by atoms with Crippen molar-refractivity contribution in [2.75, 3.05) is 0 Å². The molecule has 0 aliphatic rings. The molecule has 0 amide bonds. The first kappa shape index (κ1) is 20.6. The molecule has 0 heterocycles. The van der Waals surface area contributed by atoms with Crippen LogP contribution in [0, 0.1) is 5.41 Å². The van der Waals surface area contributed by atoms with Crippen molar-refractivity contribution in [1.82, 2.24) is 0 Å². The van der Waals surface area contributed by atoms with E-state index < -0.39 is 52.2 Å². The van der Waals surface area contributed by atoms with E-state index in [4.69, 9.17) is 5.73 Å². The highest BCUT2D eigenvalue weighted by Gasteiger charge is 2.47. The lowest BCUT2D eigenvalue weighted by Gasteiger charge is -2.32. The SMILES string of the molecule is CC(C)(C)C(N)c1c(C(F)(F)F)cc(C(F)(F)F)cc1C(F)(F)F. The Hall–Kier alpha value is -1.45. The molecule has 0 spiro atoms. The normalized spacial score (nSPS) is 15.5. The quantitative estimate of drug-likeness (QED) is 0.625. The minimum Gasteiger partial charge on any atom is -0.323 e. The van der Waals surface area contributed by atoms with Crippen LogP contribution >= 0.6 is 0 Å². The van der Waals surface area contributed by atoms with Gasteiger partial charge in [-0.05, 0) is 23.1 Å². The molecule has 1 rings (SSSR count). The maximum absolute atomic E-state index is 13.1. The summed E-state index contributed by atoms with van der Waals surface area (Å²) < 4.78 is 117. The molecule has 0 aliphatic heterocycles. The Balaban J connectivity index is 3.96. The first-order chi connectivity index (χ1) is 10.4. The van der Waals surface area contributed by atoms with Crippen molar-refractivity contribution in [2.24, 2.45) is 11.1 Å². The van der Waals surface area contributed by atoms with E-state index in [1.54, 1.807) is 0 Å². The second-order valence-corrected chi connectivity index (χ2v) is 6.32. The zero-order valence-electron chi connectivity index (χ0n) is 12.7. The second kappa shape index (κ2) is 5.82. The summed E-state index contributed by atoms with van der Waals surface area (Å²) in [7, 11) is 0. The molecular formula is C14H14F9N. The summed E-state index contributed by atoms with van der Waals surface area (Å²) in [5, 5.41) is 0. The summed E-state index contributed by atoms with van der Waals surface area (Å²) in [6.07, 6.45) is -16.2. The van der Waals surface area contributed by atoms with Gasteiger partial charge in [0, 0.05) is 6.04 Å². The molecule has 2 N–H and O–H groups in total. The monoisotopic (exact) mass is 367 g/mol. The standard InChI is InChI=1S/C14H14F9N/c1-11(2,3)10(24)9-7(13(18,19)20)4-6(12(15,16)17)5-8(9)14(21,22)23/h4-5,10H,24H2,1-3H3. The molecule has 0 radical (unpaired) electrons. The summed E-state index contributed by atoms with van der Waals surface area (Å²) in [5.74, 6) is 0. The minimum atomic E-state index is -5.43. The third-order valence-electron chi connectivity index (χ3n) is 3.36. The first-order valence-electron chi connectivity index (χ1n) is 6.52. The predicted molar refractivity (Wildman–Crippen MR) is 67.8 cm³/mol. The van der Waals surface area contributed by atoms with Crippen LogP contribution in [0.2, 0.25) is 0 Å². The average Bonchev–Trinajstić information content (AvgIpc) is 2.31. The van der Waals surface area contributed by atoms with E-state index >= 15 is 0 Å². The average molecular weight is 367 g/mol. The fourth-order valence-electron chi connectivity index (χ4n) is 2.05. The van der Waals surface area contributed by atoms with Crippen LogP contribution in [-0.4, -0.2) is 0 Å². The third kappa shape index (κ3) is 4.34. The molecule has 0 aromatic heterocycles. The van der Waals surface area contributed by atoms with Gasteiger partial charge in [0.2, 0.25) is 0 Å². The Morgan fingerprint density at radius 1 is 0.708 bits per heavy atom. The van der Waals surface area contributed by atoms with Crippen LogP contribution in [0.1, 0.15) is 49.1 Å². The van der Waals surface area contributed by atoms with Crippen LogP contribution in [0.3, 0.4) is 0 Å². The topological polar surface area (TPSA) is 26.0 Å². The number of alkyl halides is 9. The van der Waals surface area contributed by atoms with Crippen molar-refractivity contribution in [3.05, 3.63) is 34.4 Å². The Morgan fingerprint density at radius 2 is 1.04 bits per heavy atom. The number of benzene rings is 1.